The molecule has 0 radical (unpaired) electrons. The molecule has 1 aromatic carbocycles. The smallest absolute Gasteiger partial charge is 0.264 e. The summed E-state index contributed by atoms with van der Waals surface area (Å²) >= 11 is 0. The van der Waals surface area contributed by atoms with Gasteiger partial charge in [0.15, 0.2) is 5.60 Å². The van der Waals surface area contributed by atoms with Crippen molar-refractivity contribution in [1.82, 2.24) is 20.4 Å². The van der Waals surface area contributed by atoms with E-state index in [-0.39, 0.29) is 18.3 Å². The van der Waals surface area contributed by atoms with Crippen LogP contribution in [0.3, 0.4) is 0 Å². The Labute approximate surface area is 174 Å². The summed E-state index contributed by atoms with van der Waals surface area (Å²) in [5.41, 5.74) is 2.95. The number of fused-ring (bicyclic) bond motifs is 1. The van der Waals surface area contributed by atoms with Crippen LogP contribution in [0.1, 0.15) is 41.5 Å². The zero-order valence-electron chi connectivity index (χ0n) is 17.4. The molecule has 1 aliphatic rings. The van der Waals surface area contributed by atoms with Crippen molar-refractivity contribution in [3.8, 4) is 23.0 Å². The summed E-state index contributed by atoms with van der Waals surface area (Å²) in [6.07, 6.45) is 2.79. The number of aromatic nitrogens is 3. The molecule has 1 atom stereocenters. The number of hydrogen-bond acceptors (Lipinski definition) is 7. The zero-order valence-corrected chi connectivity index (χ0v) is 17.4. The maximum atomic E-state index is 12.9. The molecule has 0 saturated carbocycles. The van der Waals surface area contributed by atoms with Crippen LogP contribution in [0.25, 0.3) is 11.5 Å². The largest absolute Gasteiger partial charge is 0.507 e. The van der Waals surface area contributed by atoms with Gasteiger partial charge in [0.05, 0.1) is 6.54 Å². The molecular weight excluding hydrogens is 384 g/mol. The average Bonchev–Trinajstić information content (AvgIpc) is 3.24. The Morgan fingerprint density at radius 2 is 2.03 bits per heavy atom. The van der Waals surface area contributed by atoms with Crippen molar-refractivity contribution < 1.29 is 19.2 Å². The molecule has 8 heteroatoms. The fraction of sp³-hybridized carbons (Fsp3) is 0.364. The minimum atomic E-state index is -1.03. The summed E-state index contributed by atoms with van der Waals surface area (Å²) in [5.74, 6) is 1.38. The number of nitrogens with zero attached hydrogens (tertiary/aromatic N) is 3. The Bertz CT molecular complexity index is 1110. The van der Waals surface area contributed by atoms with E-state index in [1.165, 1.54) is 0 Å². The first-order valence-corrected chi connectivity index (χ1v) is 9.83. The summed E-state index contributed by atoms with van der Waals surface area (Å²) in [7, 11) is 0. The number of aromatic hydroxyl groups is 1. The van der Waals surface area contributed by atoms with E-state index in [1.807, 2.05) is 26.8 Å². The molecule has 0 saturated heterocycles. The second-order valence-electron chi connectivity index (χ2n) is 7.77. The van der Waals surface area contributed by atoms with E-state index in [0.29, 0.717) is 35.9 Å². The fourth-order valence-corrected chi connectivity index (χ4v) is 3.68. The minimum absolute atomic E-state index is 0.0943. The quantitative estimate of drug-likeness (QED) is 0.682. The van der Waals surface area contributed by atoms with E-state index >= 15 is 0 Å². The molecule has 1 amide bonds. The molecule has 0 aliphatic carbocycles. The Morgan fingerprint density at radius 1 is 1.23 bits per heavy atom. The number of rotatable bonds is 4. The first kappa shape index (κ1) is 19.9. The molecule has 156 valence electrons. The first-order chi connectivity index (χ1) is 14.3. The van der Waals surface area contributed by atoms with Crippen LogP contribution >= 0.6 is 0 Å². The average molecular weight is 408 g/mol. The van der Waals surface area contributed by atoms with Gasteiger partial charge in [-0.15, -0.1) is 0 Å². The number of benzene rings is 1. The Morgan fingerprint density at radius 3 is 2.77 bits per heavy atom. The van der Waals surface area contributed by atoms with Gasteiger partial charge in [0.1, 0.15) is 17.2 Å². The summed E-state index contributed by atoms with van der Waals surface area (Å²) in [5, 5.41) is 17.1. The Hall–Kier alpha value is -3.42. The lowest BCUT2D eigenvalue weighted by Crippen LogP contribution is -2.50. The van der Waals surface area contributed by atoms with Crippen molar-refractivity contribution in [3.63, 3.8) is 0 Å². The van der Waals surface area contributed by atoms with E-state index in [9.17, 15) is 9.90 Å². The van der Waals surface area contributed by atoms with Crippen molar-refractivity contribution in [3.05, 3.63) is 52.5 Å². The summed E-state index contributed by atoms with van der Waals surface area (Å²) in [6, 6.07) is 5.43. The molecule has 1 aliphatic heterocycles. The number of pyridine rings is 1. The Kier molecular flexibility index (Phi) is 4.93. The molecule has 0 spiro atoms. The van der Waals surface area contributed by atoms with Crippen LogP contribution in [0.4, 0.5) is 0 Å². The molecule has 30 heavy (non-hydrogen) atoms. The predicted octanol–water partition coefficient (Wildman–Crippen LogP) is 3.16. The molecule has 2 aromatic heterocycles. The van der Waals surface area contributed by atoms with Gasteiger partial charge >= 0.3 is 0 Å². The highest BCUT2D eigenvalue weighted by Gasteiger charge is 2.40. The number of amides is 1. The predicted molar refractivity (Wildman–Crippen MR) is 109 cm³/mol. The molecule has 0 bridgehead atoms. The number of phenols is 1. The molecule has 1 unspecified atom stereocenters. The molecular formula is C22H24N4O4. The van der Waals surface area contributed by atoms with Crippen LogP contribution in [0.15, 0.2) is 28.9 Å². The lowest BCUT2D eigenvalue weighted by Gasteiger charge is -2.36. The van der Waals surface area contributed by atoms with Crippen molar-refractivity contribution in [2.24, 2.45) is 0 Å². The molecule has 3 aromatic rings. The zero-order chi connectivity index (χ0) is 21.5. The van der Waals surface area contributed by atoms with Crippen molar-refractivity contribution in [2.45, 2.75) is 52.7 Å². The summed E-state index contributed by atoms with van der Waals surface area (Å²) in [6.45, 7) is 7.49. The highest BCUT2D eigenvalue weighted by molar-refractivity contribution is 5.85. The summed E-state index contributed by atoms with van der Waals surface area (Å²) in [4.78, 5) is 21.4. The van der Waals surface area contributed by atoms with Gasteiger partial charge in [0, 0.05) is 18.2 Å². The van der Waals surface area contributed by atoms with Crippen LogP contribution in [0.2, 0.25) is 0 Å². The van der Waals surface area contributed by atoms with Gasteiger partial charge < -0.3 is 19.7 Å². The van der Waals surface area contributed by atoms with Crippen LogP contribution in [0.5, 0.6) is 11.5 Å². The highest BCUT2D eigenvalue weighted by Crippen LogP contribution is 2.43. The molecule has 4 rings (SSSR count). The number of phenolic OH excluding ortho intramolecular Hbond substituents is 1. The van der Waals surface area contributed by atoms with E-state index < -0.39 is 5.60 Å². The minimum Gasteiger partial charge on any atom is -0.507 e. The molecule has 8 nitrogen and oxygen atoms in total. The number of hydrogen-bond donors (Lipinski definition) is 2. The standard InChI is InChI=1S/C22H24N4O4/c1-12-13(2)19-15(14(3)18(12)27)8-9-22(4,29-19)21(28)24-11-17-25-20(26-30-17)16-7-5-6-10-23-16/h5-7,10,27H,8-9,11H2,1-4H3,(H,24,28). The normalized spacial score (nSPS) is 17.9. The van der Waals surface area contributed by atoms with Gasteiger partial charge in [0.25, 0.3) is 5.91 Å². The Balaban J connectivity index is 1.48. The van der Waals surface area contributed by atoms with Crippen LogP contribution in [-0.2, 0) is 17.8 Å². The molecule has 2 N–H and O–H groups in total. The van der Waals surface area contributed by atoms with Gasteiger partial charge in [0.2, 0.25) is 11.7 Å². The highest BCUT2D eigenvalue weighted by atomic mass is 16.5. The van der Waals surface area contributed by atoms with Gasteiger partial charge in [-0.1, -0.05) is 11.2 Å². The monoisotopic (exact) mass is 408 g/mol. The lowest BCUT2D eigenvalue weighted by atomic mass is 9.86. The van der Waals surface area contributed by atoms with Crippen LogP contribution in [-0.4, -0.2) is 31.7 Å². The molecule has 0 fully saturated rings. The van der Waals surface area contributed by atoms with Crippen LogP contribution in [0, 0.1) is 20.8 Å². The van der Waals surface area contributed by atoms with Gasteiger partial charge in [-0.2, -0.15) is 4.98 Å². The van der Waals surface area contributed by atoms with Crippen molar-refractivity contribution in [1.29, 1.82) is 0 Å². The number of carbonyl (C=O) groups is 1. The van der Waals surface area contributed by atoms with Crippen LogP contribution < -0.4 is 10.1 Å². The lowest BCUT2D eigenvalue weighted by molar-refractivity contribution is -0.137. The maximum Gasteiger partial charge on any atom is 0.264 e. The topological polar surface area (TPSA) is 110 Å². The third kappa shape index (κ3) is 3.38. The first-order valence-electron chi connectivity index (χ1n) is 9.83. The van der Waals surface area contributed by atoms with Gasteiger partial charge in [-0.3, -0.25) is 9.78 Å². The maximum absolute atomic E-state index is 12.9. The van der Waals surface area contributed by atoms with E-state index in [1.54, 1.807) is 25.3 Å². The fourth-order valence-electron chi connectivity index (χ4n) is 3.68. The SMILES string of the molecule is Cc1c(C)c2c(c(C)c1O)CCC(C)(C(=O)NCc1nc(-c3ccccn3)no1)O2. The van der Waals surface area contributed by atoms with Gasteiger partial charge in [-0.25, -0.2) is 0 Å². The second-order valence-corrected chi connectivity index (χ2v) is 7.77. The second kappa shape index (κ2) is 7.44. The molecule has 3 heterocycles. The third-order valence-electron chi connectivity index (χ3n) is 5.76. The van der Waals surface area contributed by atoms with E-state index in [2.05, 4.69) is 20.4 Å². The number of ether oxygens (including phenoxy) is 1. The third-order valence-corrected chi connectivity index (χ3v) is 5.76. The van der Waals surface area contributed by atoms with Gasteiger partial charge in [-0.05, 0) is 62.9 Å². The van der Waals surface area contributed by atoms with Crippen molar-refractivity contribution in [2.75, 3.05) is 0 Å². The van der Waals surface area contributed by atoms with Crippen molar-refractivity contribution >= 4 is 5.91 Å². The van der Waals surface area contributed by atoms with E-state index in [0.717, 1.165) is 22.3 Å². The van der Waals surface area contributed by atoms with E-state index in [4.69, 9.17) is 9.26 Å². The summed E-state index contributed by atoms with van der Waals surface area (Å²) < 4.78 is 11.4. The number of carbonyl (C=O) groups excluding carboxylic acids is 1. The number of nitrogens with one attached hydrogen (secondary N) is 1.